The smallest absolute Gasteiger partial charge is 0.238 e. The Balaban J connectivity index is 2.12. The number of hydrogen-bond donors (Lipinski definition) is 2. The molecular weight excluding hydrogens is 264 g/mol. The van der Waals surface area contributed by atoms with Crippen LogP contribution in [-0.2, 0) is 23.1 Å². The van der Waals surface area contributed by atoms with E-state index >= 15 is 0 Å². The van der Waals surface area contributed by atoms with Gasteiger partial charge >= 0.3 is 0 Å². The maximum atomic E-state index is 11.3. The zero-order valence-corrected chi connectivity index (χ0v) is 11.4. The lowest BCUT2D eigenvalue weighted by molar-refractivity contribution is 0.598. The molecule has 0 fully saturated rings. The zero-order chi connectivity index (χ0) is 13.9. The van der Waals surface area contributed by atoms with Gasteiger partial charge in [0.15, 0.2) is 0 Å². The highest BCUT2D eigenvalue weighted by atomic mass is 32.2. The van der Waals surface area contributed by atoms with Gasteiger partial charge in [-0.25, -0.2) is 13.6 Å². The number of benzene rings is 1. The first-order valence-corrected chi connectivity index (χ1v) is 7.43. The van der Waals surface area contributed by atoms with Crippen LogP contribution in [0.4, 0.5) is 5.69 Å². The molecule has 3 N–H and O–H groups in total. The highest BCUT2D eigenvalue weighted by Gasteiger charge is 2.08. The van der Waals surface area contributed by atoms with E-state index in [1.165, 1.54) is 12.1 Å². The molecule has 1 aromatic heterocycles. The number of aryl methyl sites for hydroxylation is 1. The molecule has 2 rings (SSSR count). The van der Waals surface area contributed by atoms with E-state index in [0.29, 0.717) is 12.2 Å². The molecule has 7 heteroatoms. The second-order valence-corrected chi connectivity index (χ2v) is 5.63. The molecule has 0 aliphatic rings. The first-order valence-electron chi connectivity index (χ1n) is 5.88. The highest BCUT2D eigenvalue weighted by molar-refractivity contribution is 7.89. The SMILES string of the molecule is CCn1nccc1CNc1cccc(S(N)(=O)=O)c1. The molecule has 0 unspecified atom stereocenters. The standard InChI is InChI=1S/C12H16N4O2S/c1-2-16-11(6-7-15-16)9-14-10-4-3-5-12(8-10)19(13,17)18/h3-8,14H,2,9H2,1H3,(H2,13,17,18). The summed E-state index contributed by atoms with van der Waals surface area (Å²) in [4.78, 5) is 0.0986. The van der Waals surface area contributed by atoms with Crippen molar-refractivity contribution in [2.75, 3.05) is 5.32 Å². The van der Waals surface area contributed by atoms with Gasteiger partial charge in [-0.1, -0.05) is 6.07 Å². The van der Waals surface area contributed by atoms with Crippen molar-refractivity contribution in [3.05, 3.63) is 42.2 Å². The van der Waals surface area contributed by atoms with E-state index in [4.69, 9.17) is 5.14 Å². The molecule has 0 aliphatic heterocycles. The van der Waals surface area contributed by atoms with Gasteiger partial charge in [-0.2, -0.15) is 5.10 Å². The Morgan fingerprint density at radius 3 is 2.84 bits per heavy atom. The van der Waals surface area contributed by atoms with Crippen molar-refractivity contribution in [1.82, 2.24) is 9.78 Å². The van der Waals surface area contributed by atoms with Gasteiger partial charge < -0.3 is 5.32 Å². The van der Waals surface area contributed by atoms with Gasteiger partial charge in [-0.15, -0.1) is 0 Å². The molecular formula is C12H16N4O2S. The lowest BCUT2D eigenvalue weighted by atomic mass is 10.3. The lowest BCUT2D eigenvalue weighted by Gasteiger charge is -2.09. The number of rotatable bonds is 5. The summed E-state index contributed by atoms with van der Waals surface area (Å²) in [7, 11) is -3.67. The largest absolute Gasteiger partial charge is 0.379 e. The van der Waals surface area contributed by atoms with Gasteiger partial charge in [-0.05, 0) is 31.2 Å². The highest BCUT2D eigenvalue weighted by Crippen LogP contribution is 2.15. The number of nitrogens with two attached hydrogens (primary N) is 1. The molecule has 0 saturated heterocycles. The molecule has 102 valence electrons. The number of nitrogens with zero attached hydrogens (tertiary/aromatic N) is 2. The van der Waals surface area contributed by atoms with Crippen LogP contribution in [0.3, 0.4) is 0 Å². The van der Waals surface area contributed by atoms with Crippen molar-refractivity contribution in [2.24, 2.45) is 5.14 Å². The third kappa shape index (κ3) is 3.33. The van der Waals surface area contributed by atoms with Gasteiger partial charge in [0.25, 0.3) is 0 Å². The van der Waals surface area contributed by atoms with E-state index < -0.39 is 10.0 Å². The average molecular weight is 280 g/mol. The summed E-state index contributed by atoms with van der Waals surface area (Å²) in [6, 6.07) is 8.35. The van der Waals surface area contributed by atoms with Gasteiger partial charge in [-0.3, -0.25) is 4.68 Å². The van der Waals surface area contributed by atoms with Crippen LogP contribution in [0, 0.1) is 0 Å². The van der Waals surface area contributed by atoms with Crippen molar-refractivity contribution in [2.45, 2.75) is 24.9 Å². The predicted octanol–water partition coefficient (Wildman–Crippen LogP) is 1.16. The quantitative estimate of drug-likeness (QED) is 0.860. The van der Waals surface area contributed by atoms with Crippen LogP contribution in [0.2, 0.25) is 0 Å². The summed E-state index contributed by atoms with van der Waals surface area (Å²) < 4.78 is 24.4. The van der Waals surface area contributed by atoms with Crippen molar-refractivity contribution < 1.29 is 8.42 Å². The van der Waals surface area contributed by atoms with Gasteiger partial charge in [0, 0.05) is 18.4 Å². The summed E-state index contributed by atoms with van der Waals surface area (Å²) in [6.07, 6.45) is 1.74. The Morgan fingerprint density at radius 2 is 2.16 bits per heavy atom. The summed E-state index contributed by atoms with van der Waals surface area (Å²) in [5.74, 6) is 0. The topological polar surface area (TPSA) is 90.0 Å². The van der Waals surface area contributed by atoms with Crippen molar-refractivity contribution >= 4 is 15.7 Å². The summed E-state index contributed by atoms with van der Waals surface area (Å²) in [6.45, 7) is 3.38. The fraction of sp³-hybridized carbons (Fsp3) is 0.250. The molecule has 0 aliphatic carbocycles. The van der Waals surface area contributed by atoms with Crippen molar-refractivity contribution in [3.63, 3.8) is 0 Å². The maximum absolute atomic E-state index is 11.3. The zero-order valence-electron chi connectivity index (χ0n) is 10.6. The Hall–Kier alpha value is -1.86. The van der Waals surface area contributed by atoms with Crippen LogP contribution in [0.15, 0.2) is 41.4 Å². The van der Waals surface area contributed by atoms with Crippen LogP contribution in [-0.4, -0.2) is 18.2 Å². The normalized spacial score (nSPS) is 11.5. The minimum absolute atomic E-state index is 0.0986. The van der Waals surface area contributed by atoms with Crippen LogP contribution < -0.4 is 10.5 Å². The fourth-order valence-electron chi connectivity index (χ4n) is 1.77. The molecule has 0 amide bonds. The van der Waals surface area contributed by atoms with Gasteiger partial charge in [0.05, 0.1) is 17.1 Å². The van der Waals surface area contributed by atoms with E-state index in [1.807, 2.05) is 17.7 Å². The molecule has 0 spiro atoms. The van der Waals surface area contributed by atoms with E-state index in [-0.39, 0.29) is 4.90 Å². The predicted molar refractivity (Wildman–Crippen MR) is 73.0 cm³/mol. The number of sulfonamides is 1. The van der Waals surface area contributed by atoms with Crippen LogP contribution >= 0.6 is 0 Å². The third-order valence-corrected chi connectivity index (χ3v) is 3.65. The van der Waals surface area contributed by atoms with E-state index in [1.54, 1.807) is 18.3 Å². The molecule has 0 bridgehead atoms. The van der Waals surface area contributed by atoms with Gasteiger partial charge in [0.2, 0.25) is 10.0 Å². The monoisotopic (exact) mass is 280 g/mol. The van der Waals surface area contributed by atoms with Crippen LogP contribution in [0.1, 0.15) is 12.6 Å². The van der Waals surface area contributed by atoms with E-state index in [9.17, 15) is 8.42 Å². The van der Waals surface area contributed by atoms with Crippen molar-refractivity contribution in [1.29, 1.82) is 0 Å². The molecule has 6 nitrogen and oxygen atoms in total. The van der Waals surface area contributed by atoms with Gasteiger partial charge in [0.1, 0.15) is 0 Å². The average Bonchev–Trinajstić information content (AvgIpc) is 2.83. The summed E-state index contributed by atoms with van der Waals surface area (Å²) >= 11 is 0. The van der Waals surface area contributed by atoms with Crippen LogP contribution in [0.5, 0.6) is 0 Å². The van der Waals surface area contributed by atoms with Crippen LogP contribution in [0.25, 0.3) is 0 Å². The Bertz CT molecular complexity index is 664. The molecule has 0 saturated carbocycles. The molecule has 2 aromatic rings. The van der Waals surface area contributed by atoms with Crippen molar-refractivity contribution in [3.8, 4) is 0 Å². The minimum Gasteiger partial charge on any atom is -0.379 e. The molecule has 1 heterocycles. The Kier molecular flexibility index (Phi) is 3.87. The van der Waals surface area contributed by atoms with E-state index in [2.05, 4.69) is 10.4 Å². The Labute approximate surface area is 112 Å². The molecule has 19 heavy (non-hydrogen) atoms. The third-order valence-electron chi connectivity index (χ3n) is 2.74. The fourth-order valence-corrected chi connectivity index (χ4v) is 2.33. The van der Waals surface area contributed by atoms with E-state index in [0.717, 1.165) is 12.2 Å². The molecule has 0 radical (unpaired) electrons. The number of aromatic nitrogens is 2. The first-order chi connectivity index (χ1) is 9.00. The number of nitrogens with one attached hydrogen (secondary N) is 1. The number of hydrogen-bond acceptors (Lipinski definition) is 4. The summed E-state index contributed by atoms with van der Waals surface area (Å²) in [5.41, 5.74) is 1.74. The molecule has 1 aromatic carbocycles. The summed E-state index contributed by atoms with van der Waals surface area (Å²) in [5, 5.41) is 12.4. The minimum atomic E-state index is -3.67. The molecule has 0 atom stereocenters. The Morgan fingerprint density at radius 1 is 1.37 bits per heavy atom. The number of anilines is 1. The second kappa shape index (κ2) is 5.41. The lowest BCUT2D eigenvalue weighted by Crippen LogP contribution is -2.13. The number of primary sulfonamides is 1. The first kappa shape index (κ1) is 13.6. The second-order valence-electron chi connectivity index (χ2n) is 4.06. The maximum Gasteiger partial charge on any atom is 0.238 e.